The fraction of sp³-hybridized carbons (Fsp3) is 0.560. The van der Waals surface area contributed by atoms with E-state index in [4.69, 9.17) is 9.97 Å². The first-order chi connectivity index (χ1) is 17.4. The van der Waals surface area contributed by atoms with Gasteiger partial charge in [0, 0.05) is 24.3 Å². The summed E-state index contributed by atoms with van der Waals surface area (Å²) in [4.78, 5) is 14.2. The molecule has 2 aliphatic carbocycles. The van der Waals surface area contributed by atoms with Crippen LogP contribution < -0.4 is 15.4 Å². The fourth-order valence-electron chi connectivity index (χ4n) is 5.09. The Hall–Kier alpha value is -2.76. The first-order valence-electron chi connectivity index (χ1n) is 13.0. The first kappa shape index (κ1) is 24.9. The molecule has 2 saturated carbocycles. The summed E-state index contributed by atoms with van der Waals surface area (Å²) in [7, 11) is -3.56. The Bertz CT molecular complexity index is 1280. The number of nitrogens with zero attached hydrogens (tertiary/aromatic N) is 4. The van der Waals surface area contributed by atoms with Crippen LogP contribution in [0.2, 0.25) is 0 Å². The van der Waals surface area contributed by atoms with Crippen LogP contribution >= 0.6 is 0 Å². The smallest absolute Gasteiger partial charge is 0.240 e. The van der Waals surface area contributed by atoms with E-state index in [0.717, 1.165) is 63.6 Å². The number of aliphatic hydroxyl groups excluding tert-OH is 1. The first-order valence-corrected chi connectivity index (χ1v) is 14.5. The number of benzene rings is 1. The number of hydrogen-bond acceptors (Lipinski definition) is 8. The minimum atomic E-state index is -3.56. The molecular weight excluding hydrogens is 478 g/mol. The number of aromatic nitrogens is 4. The lowest BCUT2D eigenvalue weighted by molar-refractivity contribution is 0.126. The summed E-state index contributed by atoms with van der Waals surface area (Å²) in [6, 6.07) is 6.94. The third-order valence-corrected chi connectivity index (χ3v) is 8.73. The van der Waals surface area contributed by atoms with E-state index < -0.39 is 10.0 Å². The Labute approximate surface area is 212 Å². The summed E-state index contributed by atoms with van der Waals surface area (Å²) >= 11 is 0. The number of rotatable bonds is 8. The van der Waals surface area contributed by atoms with Gasteiger partial charge >= 0.3 is 0 Å². The van der Waals surface area contributed by atoms with Gasteiger partial charge in [-0.1, -0.05) is 19.3 Å². The molecule has 194 valence electrons. The second-order valence-electron chi connectivity index (χ2n) is 9.85. The maximum Gasteiger partial charge on any atom is 0.240 e. The van der Waals surface area contributed by atoms with Crippen molar-refractivity contribution in [1.82, 2.24) is 24.2 Å². The lowest BCUT2D eigenvalue weighted by atomic mass is 9.93. The van der Waals surface area contributed by atoms with Crippen LogP contribution in [0, 0.1) is 0 Å². The third-order valence-electron chi connectivity index (χ3n) is 7.19. The molecule has 0 radical (unpaired) electrons. The average Bonchev–Trinajstić information content (AvgIpc) is 3.29. The molecule has 0 aliphatic heterocycles. The summed E-state index contributed by atoms with van der Waals surface area (Å²) < 4.78 is 30.5. The number of fused-ring (bicyclic) bond motifs is 1. The van der Waals surface area contributed by atoms with Crippen molar-refractivity contribution in [1.29, 1.82) is 0 Å². The standard InChI is InChI=1S/C25H35N7O3S/c1-2-32-16-26-22-23(29-25(30-24(22)32)28-18-8-12-20(33)13-9-18)27-17-10-14-21(15-11-17)36(34,35)31-19-6-4-3-5-7-19/h10-11,14-16,18-20,31,33H,2-9,12-13H2,1H3,(H2,27,28,29,30). The predicted molar refractivity (Wildman–Crippen MR) is 140 cm³/mol. The van der Waals surface area contributed by atoms with Gasteiger partial charge in [0.15, 0.2) is 17.0 Å². The van der Waals surface area contributed by atoms with Crippen LogP contribution in [0.25, 0.3) is 11.2 Å². The van der Waals surface area contributed by atoms with E-state index in [1.807, 2.05) is 11.5 Å². The molecule has 2 aromatic heterocycles. The maximum absolute atomic E-state index is 12.8. The van der Waals surface area contributed by atoms with Gasteiger partial charge in [0.1, 0.15) is 0 Å². The van der Waals surface area contributed by atoms with E-state index in [9.17, 15) is 13.5 Å². The van der Waals surface area contributed by atoms with E-state index in [2.05, 4.69) is 20.3 Å². The molecule has 5 rings (SSSR count). The molecule has 3 aromatic rings. The molecule has 11 heteroatoms. The highest BCUT2D eigenvalue weighted by Crippen LogP contribution is 2.27. The van der Waals surface area contributed by atoms with Gasteiger partial charge in [-0.3, -0.25) is 0 Å². The zero-order chi connectivity index (χ0) is 25.1. The summed E-state index contributed by atoms with van der Waals surface area (Å²) in [6.07, 6.45) is 9.88. The van der Waals surface area contributed by atoms with Gasteiger partial charge < -0.3 is 20.3 Å². The number of hydrogen-bond donors (Lipinski definition) is 4. The van der Waals surface area contributed by atoms with Crippen LogP contribution in [0.5, 0.6) is 0 Å². The van der Waals surface area contributed by atoms with E-state index >= 15 is 0 Å². The predicted octanol–water partition coefficient (Wildman–Crippen LogP) is 3.92. The van der Waals surface area contributed by atoms with Gasteiger partial charge in [-0.2, -0.15) is 9.97 Å². The zero-order valence-corrected chi connectivity index (χ0v) is 21.5. The number of imidazole rings is 1. The molecule has 0 bridgehead atoms. The van der Waals surface area contributed by atoms with Crippen LogP contribution in [0.3, 0.4) is 0 Å². The van der Waals surface area contributed by atoms with Crippen molar-refractivity contribution < 1.29 is 13.5 Å². The molecule has 0 spiro atoms. The minimum Gasteiger partial charge on any atom is -0.393 e. The summed E-state index contributed by atoms with van der Waals surface area (Å²) in [5.41, 5.74) is 2.09. The van der Waals surface area contributed by atoms with Crippen LogP contribution in [-0.2, 0) is 16.6 Å². The van der Waals surface area contributed by atoms with Crippen LogP contribution in [-0.4, -0.2) is 51.2 Å². The average molecular weight is 514 g/mol. The third kappa shape index (κ3) is 5.63. The second kappa shape index (κ2) is 10.7. The van der Waals surface area contributed by atoms with Crippen LogP contribution in [0.4, 0.5) is 17.5 Å². The molecule has 10 nitrogen and oxygen atoms in total. The van der Waals surface area contributed by atoms with Crippen molar-refractivity contribution in [2.24, 2.45) is 0 Å². The normalized spacial score (nSPS) is 21.5. The maximum atomic E-state index is 12.8. The monoisotopic (exact) mass is 513 g/mol. The van der Waals surface area contributed by atoms with Crippen molar-refractivity contribution in [3.8, 4) is 0 Å². The Morgan fingerprint density at radius 2 is 1.69 bits per heavy atom. The summed E-state index contributed by atoms with van der Waals surface area (Å²) in [5.74, 6) is 1.07. The summed E-state index contributed by atoms with van der Waals surface area (Å²) in [5, 5.41) is 16.5. The quantitative estimate of drug-likeness (QED) is 0.356. The van der Waals surface area contributed by atoms with Crippen molar-refractivity contribution in [2.75, 3.05) is 10.6 Å². The van der Waals surface area contributed by atoms with Crippen molar-refractivity contribution >= 4 is 38.6 Å². The zero-order valence-electron chi connectivity index (χ0n) is 20.7. The molecular formula is C25H35N7O3S. The fourth-order valence-corrected chi connectivity index (χ4v) is 6.40. The SMILES string of the molecule is CCn1cnc2c(Nc3ccc(S(=O)(=O)NC4CCCCC4)cc3)nc(NC3CCC(O)CC3)nc21. The number of aliphatic hydroxyl groups is 1. The highest BCUT2D eigenvalue weighted by Gasteiger charge is 2.23. The van der Waals surface area contributed by atoms with Gasteiger partial charge in [0.05, 0.1) is 17.3 Å². The number of nitrogens with one attached hydrogen (secondary N) is 3. The molecule has 0 unspecified atom stereocenters. The Morgan fingerprint density at radius 3 is 2.39 bits per heavy atom. The van der Waals surface area contributed by atoms with E-state index in [0.29, 0.717) is 23.0 Å². The van der Waals surface area contributed by atoms with Crippen LogP contribution in [0.15, 0.2) is 35.5 Å². The lowest BCUT2D eigenvalue weighted by Crippen LogP contribution is -2.36. The lowest BCUT2D eigenvalue weighted by Gasteiger charge is -2.26. The van der Waals surface area contributed by atoms with E-state index in [1.165, 1.54) is 6.42 Å². The highest BCUT2D eigenvalue weighted by molar-refractivity contribution is 7.89. The summed E-state index contributed by atoms with van der Waals surface area (Å²) in [6.45, 7) is 2.76. The van der Waals surface area contributed by atoms with Gasteiger partial charge in [-0.15, -0.1) is 0 Å². The largest absolute Gasteiger partial charge is 0.393 e. The molecule has 36 heavy (non-hydrogen) atoms. The molecule has 4 N–H and O–H groups in total. The van der Waals surface area contributed by atoms with E-state index in [1.54, 1.807) is 30.6 Å². The van der Waals surface area contributed by atoms with Gasteiger partial charge in [-0.25, -0.2) is 18.1 Å². The topological polar surface area (TPSA) is 134 Å². The van der Waals surface area contributed by atoms with E-state index in [-0.39, 0.29) is 23.1 Å². The Kier molecular flexibility index (Phi) is 7.40. The van der Waals surface area contributed by atoms with Gasteiger partial charge in [0.2, 0.25) is 16.0 Å². The van der Waals surface area contributed by atoms with Gasteiger partial charge in [0.25, 0.3) is 0 Å². The molecule has 0 atom stereocenters. The second-order valence-corrected chi connectivity index (χ2v) is 11.6. The number of sulfonamides is 1. The molecule has 2 aliphatic rings. The molecule has 1 aromatic carbocycles. The van der Waals surface area contributed by atoms with Crippen LogP contribution in [0.1, 0.15) is 64.7 Å². The Morgan fingerprint density at radius 1 is 0.972 bits per heavy atom. The van der Waals surface area contributed by atoms with Crippen molar-refractivity contribution in [3.63, 3.8) is 0 Å². The van der Waals surface area contributed by atoms with Gasteiger partial charge in [-0.05, 0) is 69.7 Å². The minimum absolute atomic E-state index is 0.0166. The Balaban J connectivity index is 1.35. The van der Waals surface area contributed by atoms with Crippen molar-refractivity contribution in [2.45, 2.75) is 94.3 Å². The molecule has 2 heterocycles. The van der Waals surface area contributed by atoms with Crippen molar-refractivity contribution in [3.05, 3.63) is 30.6 Å². The molecule has 2 fully saturated rings. The highest BCUT2D eigenvalue weighted by atomic mass is 32.2. The molecule has 0 amide bonds. The number of anilines is 3. The number of aryl methyl sites for hydroxylation is 1. The molecule has 0 saturated heterocycles.